The van der Waals surface area contributed by atoms with Crippen molar-refractivity contribution in [3.05, 3.63) is 0 Å². The first-order valence-electron chi connectivity index (χ1n) is 5.72. The molecule has 8 heteroatoms. The standard InChI is InChI=1S/C11H21N3O5/c1-11(2,3)19-10(17)14-6-8(15)13-5-7(12)9(16)18-4/h7H,5-6,12H2,1-4H3,(H,13,15)(H,14,17). The van der Waals surface area contributed by atoms with E-state index in [0.717, 1.165) is 0 Å². The Morgan fingerprint density at radius 1 is 1.21 bits per heavy atom. The van der Waals surface area contributed by atoms with E-state index in [9.17, 15) is 14.4 Å². The van der Waals surface area contributed by atoms with Crippen LogP contribution in [0.1, 0.15) is 20.8 Å². The van der Waals surface area contributed by atoms with Gasteiger partial charge in [-0.1, -0.05) is 0 Å². The summed E-state index contributed by atoms with van der Waals surface area (Å²) in [6, 6.07) is -0.935. The second-order valence-electron chi connectivity index (χ2n) is 4.79. The van der Waals surface area contributed by atoms with Crippen molar-refractivity contribution in [1.29, 1.82) is 0 Å². The molecule has 2 amide bonds. The Kier molecular flexibility index (Phi) is 6.84. The average Bonchev–Trinajstić information content (AvgIpc) is 2.30. The number of methoxy groups -OCH3 is 1. The molecule has 0 saturated carbocycles. The zero-order chi connectivity index (χ0) is 15.1. The SMILES string of the molecule is COC(=O)C(N)CNC(=O)CNC(=O)OC(C)(C)C. The second kappa shape index (κ2) is 7.57. The van der Waals surface area contributed by atoms with E-state index in [2.05, 4.69) is 15.4 Å². The zero-order valence-electron chi connectivity index (χ0n) is 11.6. The summed E-state index contributed by atoms with van der Waals surface area (Å²) in [5.41, 5.74) is 4.78. The van der Waals surface area contributed by atoms with E-state index in [4.69, 9.17) is 10.5 Å². The van der Waals surface area contributed by atoms with Gasteiger partial charge >= 0.3 is 12.1 Å². The maximum Gasteiger partial charge on any atom is 0.408 e. The van der Waals surface area contributed by atoms with Crippen molar-refractivity contribution in [3.63, 3.8) is 0 Å². The van der Waals surface area contributed by atoms with E-state index in [1.807, 2.05) is 0 Å². The summed E-state index contributed by atoms with van der Waals surface area (Å²) in [7, 11) is 1.20. The maximum absolute atomic E-state index is 11.3. The van der Waals surface area contributed by atoms with E-state index >= 15 is 0 Å². The monoisotopic (exact) mass is 275 g/mol. The van der Waals surface area contributed by atoms with E-state index in [-0.39, 0.29) is 13.1 Å². The third-order valence-electron chi connectivity index (χ3n) is 1.82. The summed E-state index contributed by atoms with van der Waals surface area (Å²) in [5, 5.41) is 4.66. The van der Waals surface area contributed by atoms with Crippen LogP contribution >= 0.6 is 0 Å². The van der Waals surface area contributed by atoms with Crippen LogP contribution in [0.25, 0.3) is 0 Å². The highest BCUT2D eigenvalue weighted by molar-refractivity contribution is 5.83. The second-order valence-corrected chi connectivity index (χ2v) is 4.79. The molecule has 0 heterocycles. The Morgan fingerprint density at radius 2 is 1.79 bits per heavy atom. The maximum atomic E-state index is 11.3. The molecular formula is C11H21N3O5. The van der Waals surface area contributed by atoms with Gasteiger partial charge in [0.1, 0.15) is 11.6 Å². The molecule has 19 heavy (non-hydrogen) atoms. The third kappa shape index (κ3) is 8.83. The summed E-state index contributed by atoms with van der Waals surface area (Å²) in [4.78, 5) is 33.5. The minimum Gasteiger partial charge on any atom is -0.468 e. The van der Waals surface area contributed by atoms with Gasteiger partial charge in [0.2, 0.25) is 5.91 Å². The summed E-state index contributed by atoms with van der Waals surface area (Å²) in [6.07, 6.45) is -0.695. The molecule has 0 aromatic heterocycles. The zero-order valence-corrected chi connectivity index (χ0v) is 11.6. The minimum atomic E-state index is -0.935. The molecule has 0 spiro atoms. The van der Waals surface area contributed by atoms with Crippen molar-refractivity contribution in [1.82, 2.24) is 10.6 Å². The summed E-state index contributed by atoms with van der Waals surface area (Å²) >= 11 is 0. The lowest BCUT2D eigenvalue weighted by atomic mass is 10.2. The number of esters is 1. The van der Waals surface area contributed by atoms with Crippen molar-refractivity contribution < 1.29 is 23.9 Å². The first-order valence-corrected chi connectivity index (χ1v) is 5.72. The van der Waals surface area contributed by atoms with Crippen molar-refractivity contribution in [2.75, 3.05) is 20.2 Å². The highest BCUT2D eigenvalue weighted by atomic mass is 16.6. The fourth-order valence-electron chi connectivity index (χ4n) is 0.988. The van der Waals surface area contributed by atoms with Crippen LogP contribution in [-0.2, 0) is 19.1 Å². The van der Waals surface area contributed by atoms with Crippen molar-refractivity contribution in [3.8, 4) is 0 Å². The van der Waals surface area contributed by atoms with Gasteiger partial charge in [-0.05, 0) is 20.8 Å². The Morgan fingerprint density at radius 3 is 2.26 bits per heavy atom. The molecular weight excluding hydrogens is 254 g/mol. The van der Waals surface area contributed by atoms with E-state index < -0.39 is 29.6 Å². The first-order chi connectivity index (χ1) is 8.65. The van der Waals surface area contributed by atoms with Gasteiger partial charge in [-0.15, -0.1) is 0 Å². The Bertz CT molecular complexity index is 338. The lowest BCUT2D eigenvalue weighted by Gasteiger charge is -2.19. The molecule has 110 valence electrons. The Labute approximate surface area is 112 Å². The normalized spacial score (nSPS) is 12.3. The molecule has 0 aromatic rings. The number of alkyl carbamates (subject to hydrolysis) is 1. The van der Waals surface area contributed by atoms with Crippen LogP contribution in [0.3, 0.4) is 0 Å². The van der Waals surface area contributed by atoms with Crippen LogP contribution < -0.4 is 16.4 Å². The number of carbonyl (C=O) groups is 3. The fourth-order valence-corrected chi connectivity index (χ4v) is 0.988. The number of nitrogens with two attached hydrogens (primary N) is 1. The summed E-state index contributed by atoms with van der Waals surface area (Å²) in [6.45, 7) is 4.80. The summed E-state index contributed by atoms with van der Waals surface area (Å²) < 4.78 is 9.33. The highest BCUT2D eigenvalue weighted by Crippen LogP contribution is 2.05. The van der Waals surface area contributed by atoms with Gasteiger partial charge in [0.05, 0.1) is 13.7 Å². The number of carbonyl (C=O) groups excluding carboxylic acids is 3. The molecule has 0 aromatic carbocycles. The van der Waals surface area contributed by atoms with Gasteiger partial charge in [0.25, 0.3) is 0 Å². The van der Waals surface area contributed by atoms with Gasteiger partial charge in [0.15, 0.2) is 0 Å². The number of amides is 2. The summed E-state index contributed by atoms with van der Waals surface area (Å²) in [5.74, 6) is -1.11. The molecule has 0 aliphatic heterocycles. The molecule has 1 atom stereocenters. The number of hydrogen-bond donors (Lipinski definition) is 3. The molecule has 0 aliphatic carbocycles. The number of nitrogens with one attached hydrogen (secondary N) is 2. The lowest BCUT2D eigenvalue weighted by molar-refractivity contribution is -0.142. The molecule has 0 radical (unpaired) electrons. The minimum absolute atomic E-state index is 0.0680. The van der Waals surface area contributed by atoms with Crippen LogP contribution in [0.2, 0.25) is 0 Å². The van der Waals surface area contributed by atoms with Crippen molar-refractivity contribution in [2.24, 2.45) is 5.73 Å². The topological polar surface area (TPSA) is 120 Å². The number of ether oxygens (including phenoxy) is 2. The average molecular weight is 275 g/mol. The van der Waals surface area contributed by atoms with Gasteiger partial charge in [-0.3, -0.25) is 9.59 Å². The predicted molar refractivity (Wildman–Crippen MR) is 67.2 cm³/mol. The molecule has 0 rings (SSSR count). The molecule has 0 bridgehead atoms. The molecule has 0 aliphatic rings. The highest BCUT2D eigenvalue weighted by Gasteiger charge is 2.17. The van der Waals surface area contributed by atoms with Crippen LogP contribution in [-0.4, -0.2) is 49.8 Å². The quantitative estimate of drug-likeness (QED) is 0.561. The first kappa shape index (κ1) is 17.2. The molecule has 1 unspecified atom stereocenters. The molecule has 8 nitrogen and oxygen atoms in total. The predicted octanol–water partition coefficient (Wildman–Crippen LogP) is -0.872. The van der Waals surface area contributed by atoms with Gasteiger partial charge in [0, 0.05) is 6.54 Å². The van der Waals surface area contributed by atoms with Crippen LogP contribution in [0.5, 0.6) is 0 Å². The third-order valence-corrected chi connectivity index (χ3v) is 1.82. The molecule has 4 N–H and O–H groups in total. The van der Waals surface area contributed by atoms with Crippen LogP contribution in [0.15, 0.2) is 0 Å². The van der Waals surface area contributed by atoms with Gasteiger partial charge in [-0.25, -0.2) is 4.79 Å². The Balaban J connectivity index is 3.88. The number of rotatable bonds is 5. The molecule has 0 saturated heterocycles. The molecule has 0 fully saturated rings. The van der Waals surface area contributed by atoms with E-state index in [0.29, 0.717) is 0 Å². The van der Waals surface area contributed by atoms with E-state index in [1.54, 1.807) is 20.8 Å². The fraction of sp³-hybridized carbons (Fsp3) is 0.727. The van der Waals surface area contributed by atoms with Crippen LogP contribution in [0.4, 0.5) is 4.79 Å². The number of hydrogen-bond acceptors (Lipinski definition) is 6. The van der Waals surface area contributed by atoms with E-state index in [1.165, 1.54) is 7.11 Å². The van der Waals surface area contributed by atoms with Gasteiger partial charge < -0.3 is 25.8 Å². The largest absolute Gasteiger partial charge is 0.468 e. The Hall–Kier alpha value is -1.83. The van der Waals surface area contributed by atoms with Crippen molar-refractivity contribution in [2.45, 2.75) is 32.4 Å². The smallest absolute Gasteiger partial charge is 0.408 e. The van der Waals surface area contributed by atoms with Gasteiger partial charge in [-0.2, -0.15) is 0 Å². The lowest BCUT2D eigenvalue weighted by Crippen LogP contribution is -2.46. The van der Waals surface area contributed by atoms with Crippen LogP contribution in [0, 0.1) is 0 Å². The van der Waals surface area contributed by atoms with Crippen molar-refractivity contribution >= 4 is 18.0 Å².